The van der Waals surface area contributed by atoms with Crippen molar-refractivity contribution < 1.29 is 42.1 Å². The minimum Gasteiger partial charge on any atom is -0.462 e. The Morgan fingerprint density at radius 1 is 0.620 bits per heavy atom. The van der Waals surface area contributed by atoms with Gasteiger partial charge in [0.25, 0.3) is 0 Å². The van der Waals surface area contributed by atoms with Crippen LogP contribution in [0.3, 0.4) is 0 Å². The maximum atomic E-state index is 12.6. The van der Waals surface area contributed by atoms with E-state index < -0.39 is 26.5 Å². The van der Waals surface area contributed by atoms with Crippen molar-refractivity contribution in [1.29, 1.82) is 0 Å². The quantitative estimate of drug-likeness (QED) is 0.0226. The summed E-state index contributed by atoms with van der Waals surface area (Å²) < 4.78 is 34.1. The zero-order valence-electron chi connectivity index (χ0n) is 32.6. The maximum Gasteiger partial charge on any atom is 0.472 e. The van der Waals surface area contributed by atoms with Crippen LogP contribution in [0.5, 0.6) is 0 Å². The first-order valence-electron chi connectivity index (χ1n) is 19.7. The van der Waals surface area contributed by atoms with Crippen LogP contribution in [-0.4, -0.2) is 74.9 Å². The molecule has 0 bridgehead atoms. The van der Waals surface area contributed by atoms with Gasteiger partial charge in [-0.15, -0.1) is 0 Å². The third kappa shape index (κ3) is 36.0. The number of likely N-dealkylation sites (N-methyl/N-ethyl adjacent to an activating group) is 1. The zero-order chi connectivity index (χ0) is 37.2. The highest BCUT2D eigenvalue weighted by atomic mass is 31.2. The van der Waals surface area contributed by atoms with E-state index in [1.807, 2.05) is 21.1 Å². The number of hydrogen-bond acceptors (Lipinski definition) is 7. The van der Waals surface area contributed by atoms with E-state index in [-0.39, 0.29) is 32.0 Å². The monoisotopic (exact) mass is 729 g/mol. The Labute approximate surface area is 306 Å². The molecule has 0 spiro atoms. The fourth-order valence-corrected chi connectivity index (χ4v) is 5.76. The number of allylic oxidation sites excluding steroid dienone is 6. The largest absolute Gasteiger partial charge is 0.472 e. The lowest BCUT2D eigenvalue weighted by Gasteiger charge is -2.24. The first kappa shape index (κ1) is 48.2. The second-order valence-corrected chi connectivity index (χ2v) is 15.8. The number of rotatable bonds is 35. The molecule has 1 N–H and O–H groups in total. The molecular weight excluding hydrogens is 653 g/mol. The smallest absolute Gasteiger partial charge is 0.462 e. The fourth-order valence-electron chi connectivity index (χ4n) is 5.02. The van der Waals surface area contributed by atoms with E-state index in [1.54, 1.807) is 0 Å². The number of ether oxygens (including phenoxy) is 2. The minimum atomic E-state index is -4.37. The van der Waals surface area contributed by atoms with E-state index in [0.29, 0.717) is 17.4 Å². The predicted octanol–water partition coefficient (Wildman–Crippen LogP) is 10.6. The van der Waals surface area contributed by atoms with Crippen LogP contribution < -0.4 is 0 Å². The molecule has 0 aliphatic rings. The van der Waals surface area contributed by atoms with Crippen molar-refractivity contribution >= 4 is 19.8 Å². The molecule has 0 amide bonds. The summed E-state index contributed by atoms with van der Waals surface area (Å²) in [6.07, 6.45) is 34.8. The molecular formula is C40H75NO8P+. The van der Waals surface area contributed by atoms with Crippen molar-refractivity contribution in [2.75, 3.05) is 47.5 Å². The Hall–Kier alpha value is -1.77. The molecule has 2 atom stereocenters. The molecule has 9 nitrogen and oxygen atoms in total. The number of esters is 2. The molecule has 0 aromatic carbocycles. The average Bonchev–Trinajstić information content (AvgIpc) is 3.06. The molecule has 0 aromatic rings. The number of phosphoric ester groups is 1. The Morgan fingerprint density at radius 2 is 1.08 bits per heavy atom. The van der Waals surface area contributed by atoms with E-state index in [1.165, 1.54) is 64.2 Å². The van der Waals surface area contributed by atoms with Crippen molar-refractivity contribution in [3.63, 3.8) is 0 Å². The van der Waals surface area contributed by atoms with E-state index in [9.17, 15) is 19.0 Å². The summed E-state index contributed by atoms with van der Waals surface area (Å²) in [4.78, 5) is 35.1. The van der Waals surface area contributed by atoms with Gasteiger partial charge in [0, 0.05) is 12.8 Å². The summed E-state index contributed by atoms with van der Waals surface area (Å²) in [7, 11) is 1.46. The van der Waals surface area contributed by atoms with Crippen LogP contribution in [0, 0.1) is 0 Å². The number of quaternary nitrogens is 1. The van der Waals surface area contributed by atoms with Gasteiger partial charge in [-0.1, -0.05) is 127 Å². The van der Waals surface area contributed by atoms with Crippen molar-refractivity contribution in [3.8, 4) is 0 Å². The molecule has 292 valence electrons. The van der Waals surface area contributed by atoms with E-state index in [0.717, 1.165) is 57.8 Å². The SMILES string of the molecule is CCCCC/C=C\C/C=C\C/C=C\CCCCCCC(=O)O[C@H](COC(=O)CCCCCCCCCCC)COP(=O)(O)OCC[N+](C)(C)C. The normalized spacial score (nSPS) is 14.1. The Balaban J connectivity index is 4.45. The molecule has 0 heterocycles. The van der Waals surface area contributed by atoms with E-state index in [2.05, 4.69) is 50.3 Å². The minimum absolute atomic E-state index is 0.0272. The van der Waals surface area contributed by atoms with Crippen LogP contribution in [0.25, 0.3) is 0 Å². The molecule has 0 fully saturated rings. The third-order valence-electron chi connectivity index (χ3n) is 8.17. The van der Waals surface area contributed by atoms with Gasteiger partial charge in [0.05, 0.1) is 27.7 Å². The summed E-state index contributed by atoms with van der Waals surface area (Å²) in [6.45, 7) is 4.33. The lowest BCUT2D eigenvalue weighted by molar-refractivity contribution is -0.870. The van der Waals surface area contributed by atoms with Gasteiger partial charge >= 0.3 is 19.8 Å². The highest BCUT2D eigenvalue weighted by Gasteiger charge is 2.27. The number of phosphoric acid groups is 1. The molecule has 0 aliphatic heterocycles. The summed E-state index contributed by atoms with van der Waals surface area (Å²) in [5.74, 6) is -0.828. The molecule has 0 aromatic heterocycles. The van der Waals surface area contributed by atoms with Gasteiger partial charge in [-0.25, -0.2) is 4.57 Å². The van der Waals surface area contributed by atoms with Crippen molar-refractivity contribution in [2.45, 2.75) is 161 Å². The summed E-state index contributed by atoms with van der Waals surface area (Å²) in [5.41, 5.74) is 0. The van der Waals surface area contributed by atoms with Gasteiger partial charge in [0.1, 0.15) is 19.8 Å². The van der Waals surface area contributed by atoms with Crippen LogP contribution >= 0.6 is 7.82 Å². The van der Waals surface area contributed by atoms with Gasteiger partial charge in [-0.3, -0.25) is 18.6 Å². The van der Waals surface area contributed by atoms with Gasteiger partial charge in [-0.2, -0.15) is 0 Å². The van der Waals surface area contributed by atoms with Crippen LogP contribution in [0.1, 0.15) is 155 Å². The topological polar surface area (TPSA) is 108 Å². The van der Waals surface area contributed by atoms with Gasteiger partial charge in [0.2, 0.25) is 0 Å². The number of hydrogen-bond donors (Lipinski definition) is 1. The van der Waals surface area contributed by atoms with Gasteiger partial charge in [0.15, 0.2) is 6.10 Å². The molecule has 0 aliphatic carbocycles. The highest BCUT2D eigenvalue weighted by molar-refractivity contribution is 7.47. The molecule has 10 heteroatoms. The second kappa shape index (κ2) is 33.1. The Morgan fingerprint density at radius 3 is 1.64 bits per heavy atom. The molecule has 1 unspecified atom stereocenters. The lowest BCUT2D eigenvalue weighted by atomic mass is 10.1. The number of unbranched alkanes of at least 4 members (excludes halogenated alkanes) is 15. The molecule has 0 saturated carbocycles. The Kier molecular flexibility index (Phi) is 31.9. The molecule has 0 rings (SSSR count). The Bertz CT molecular complexity index is 959. The summed E-state index contributed by atoms with van der Waals surface area (Å²) >= 11 is 0. The predicted molar refractivity (Wildman–Crippen MR) is 206 cm³/mol. The lowest BCUT2D eigenvalue weighted by Crippen LogP contribution is -2.37. The number of nitrogens with zero attached hydrogens (tertiary/aromatic N) is 1. The first-order chi connectivity index (χ1) is 24.0. The second-order valence-electron chi connectivity index (χ2n) is 14.3. The van der Waals surface area contributed by atoms with Crippen LogP contribution in [0.2, 0.25) is 0 Å². The summed E-state index contributed by atoms with van der Waals surface area (Å²) in [6, 6.07) is 0. The van der Waals surface area contributed by atoms with E-state index in [4.69, 9.17) is 18.5 Å². The van der Waals surface area contributed by atoms with Crippen molar-refractivity contribution in [1.82, 2.24) is 0 Å². The van der Waals surface area contributed by atoms with Gasteiger partial charge < -0.3 is 18.9 Å². The van der Waals surface area contributed by atoms with Crippen LogP contribution in [-0.2, 0) is 32.7 Å². The van der Waals surface area contributed by atoms with E-state index >= 15 is 0 Å². The first-order valence-corrected chi connectivity index (χ1v) is 21.2. The standard InChI is InChI=1S/C40H74NO8P/c1-6-8-10-12-14-16-17-18-19-20-21-22-23-25-27-29-31-33-40(43)49-38(37-48-50(44,45)47-35-34-41(3,4)5)36-46-39(42)32-30-28-26-24-15-13-11-9-7-2/h14,16,18-19,21-22,38H,6-13,15,17,20,23-37H2,1-5H3/p+1/b16-14-,19-18-,22-21-/t38-/m1/s1. The number of carbonyl (C=O) groups excluding carboxylic acids is 2. The average molecular weight is 729 g/mol. The number of carbonyl (C=O) groups is 2. The van der Waals surface area contributed by atoms with Gasteiger partial charge in [-0.05, 0) is 51.4 Å². The fraction of sp³-hybridized carbons (Fsp3) is 0.800. The van der Waals surface area contributed by atoms with Crippen LogP contribution in [0.4, 0.5) is 0 Å². The van der Waals surface area contributed by atoms with Crippen molar-refractivity contribution in [3.05, 3.63) is 36.5 Å². The third-order valence-corrected chi connectivity index (χ3v) is 9.16. The maximum absolute atomic E-state index is 12.6. The van der Waals surface area contributed by atoms with Crippen molar-refractivity contribution in [2.24, 2.45) is 0 Å². The zero-order valence-corrected chi connectivity index (χ0v) is 33.5. The highest BCUT2D eigenvalue weighted by Crippen LogP contribution is 2.43. The molecule has 0 radical (unpaired) electrons. The molecule has 50 heavy (non-hydrogen) atoms. The van der Waals surface area contributed by atoms with Crippen LogP contribution in [0.15, 0.2) is 36.5 Å². The summed E-state index contributed by atoms with van der Waals surface area (Å²) in [5, 5.41) is 0. The molecule has 0 saturated heterocycles.